The number of Topliss-reactive ketones (excluding diaryl/α,β-unsaturated/α-hetero) is 1. The molecule has 1 aliphatic rings. The third kappa shape index (κ3) is 4.31. The van der Waals surface area contributed by atoms with Gasteiger partial charge in [-0.3, -0.25) is 14.4 Å². The molecule has 0 saturated carbocycles. The number of hydrogen-bond acceptors (Lipinski definition) is 3. The second-order valence-corrected chi connectivity index (χ2v) is 5.92. The van der Waals surface area contributed by atoms with Gasteiger partial charge in [0.05, 0.1) is 0 Å². The molecule has 0 atom stereocenters. The van der Waals surface area contributed by atoms with Crippen LogP contribution in [0.2, 0.25) is 5.02 Å². The molecule has 2 N–H and O–H groups in total. The first-order valence-corrected chi connectivity index (χ1v) is 7.71. The molecule has 0 radical (unpaired) electrons. The predicted octanol–water partition coefficient (Wildman–Crippen LogP) is 2.03. The summed E-state index contributed by atoms with van der Waals surface area (Å²) in [6, 6.07) is 6.64. The van der Waals surface area contributed by atoms with Crippen LogP contribution in [0.4, 0.5) is 0 Å². The maximum atomic E-state index is 12.1. The van der Waals surface area contributed by atoms with Gasteiger partial charge in [0.2, 0.25) is 11.8 Å². The van der Waals surface area contributed by atoms with Crippen molar-refractivity contribution < 1.29 is 14.4 Å². The Hall–Kier alpha value is -1.88. The normalized spacial score (nSPS) is 15.6. The third-order valence-corrected chi connectivity index (χ3v) is 4.23. The molecule has 22 heavy (non-hydrogen) atoms. The number of rotatable bonds is 5. The van der Waals surface area contributed by atoms with Crippen molar-refractivity contribution in [2.45, 2.75) is 25.7 Å². The average molecular weight is 323 g/mol. The number of likely N-dealkylation sites (tertiary alicyclic amines) is 1. The minimum absolute atomic E-state index is 0.0507. The number of hydrogen-bond donors (Lipinski definition) is 1. The fourth-order valence-electron chi connectivity index (χ4n) is 2.57. The van der Waals surface area contributed by atoms with Gasteiger partial charge in [-0.2, -0.15) is 0 Å². The molecule has 118 valence electrons. The van der Waals surface area contributed by atoms with Gasteiger partial charge in [-0.25, -0.2) is 0 Å². The zero-order valence-corrected chi connectivity index (χ0v) is 13.0. The van der Waals surface area contributed by atoms with Crippen LogP contribution in [0.25, 0.3) is 0 Å². The van der Waals surface area contributed by atoms with Gasteiger partial charge in [-0.1, -0.05) is 11.6 Å². The van der Waals surface area contributed by atoms with E-state index < -0.39 is 0 Å². The molecule has 0 aromatic heterocycles. The summed E-state index contributed by atoms with van der Waals surface area (Å²) in [7, 11) is 0. The lowest BCUT2D eigenvalue weighted by atomic mass is 9.96. The Kier molecular flexibility index (Phi) is 5.55. The van der Waals surface area contributed by atoms with Gasteiger partial charge in [-0.15, -0.1) is 0 Å². The molecule has 2 rings (SSSR count). The summed E-state index contributed by atoms with van der Waals surface area (Å²) in [5.74, 6) is -0.563. The molecule has 1 fully saturated rings. The number of ketones is 1. The average Bonchev–Trinajstić information content (AvgIpc) is 2.53. The summed E-state index contributed by atoms with van der Waals surface area (Å²) in [6.45, 7) is 1.06. The van der Waals surface area contributed by atoms with Gasteiger partial charge in [-0.05, 0) is 37.1 Å². The number of amides is 2. The van der Waals surface area contributed by atoms with E-state index in [0.29, 0.717) is 36.5 Å². The van der Waals surface area contributed by atoms with Crippen LogP contribution in [-0.2, 0) is 9.59 Å². The van der Waals surface area contributed by atoms with E-state index in [4.69, 9.17) is 17.3 Å². The first-order chi connectivity index (χ1) is 10.5. The summed E-state index contributed by atoms with van der Waals surface area (Å²) in [5, 5.41) is 0.574. The first-order valence-electron chi connectivity index (χ1n) is 7.33. The van der Waals surface area contributed by atoms with Crippen LogP contribution < -0.4 is 5.73 Å². The van der Waals surface area contributed by atoms with Crippen molar-refractivity contribution in [3.8, 4) is 0 Å². The zero-order chi connectivity index (χ0) is 16.1. The standard InChI is InChI=1S/C16H19ClN2O3/c17-13-3-1-11(2-4-13)14(20)5-6-15(21)19-9-7-12(8-10-19)16(18)22/h1-4,12H,5-10H2,(H2,18,22). The number of halogens is 1. The maximum Gasteiger partial charge on any atom is 0.223 e. The number of nitrogens with zero attached hydrogens (tertiary/aromatic N) is 1. The molecule has 6 heteroatoms. The van der Waals surface area contributed by atoms with Gasteiger partial charge in [0.1, 0.15) is 0 Å². The summed E-state index contributed by atoms with van der Waals surface area (Å²) in [4.78, 5) is 36.9. The van der Waals surface area contributed by atoms with E-state index in [1.165, 1.54) is 0 Å². The van der Waals surface area contributed by atoms with Crippen LogP contribution in [0.15, 0.2) is 24.3 Å². The minimum atomic E-state index is -0.301. The van der Waals surface area contributed by atoms with E-state index in [-0.39, 0.29) is 36.4 Å². The van der Waals surface area contributed by atoms with Crippen LogP contribution in [-0.4, -0.2) is 35.6 Å². The van der Waals surface area contributed by atoms with Gasteiger partial charge < -0.3 is 10.6 Å². The van der Waals surface area contributed by atoms with Crippen LogP contribution in [0.5, 0.6) is 0 Å². The molecular weight excluding hydrogens is 304 g/mol. The molecule has 1 aliphatic heterocycles. The van der Waals surface area contributed by atoms with Crippen molar-refractivity contribution >= 4 is 29.2 Å². The van der Waals surface area contributed by atoms with Crippen LogP contribution in [0.3, 0.4) is 0 Å². The molecule has 0 unspecified atom stereocenters. The summed E-state index contributed by atoms with van der Waals surface area (Å²) in [6.07, 6.45) is 1.57. The molecule has 0 aliphatic carbocycles. The first kappa shape index (κ1) is 16.5. The Morgan fingerprint density at radius 1 is 1.09 bits per heavy atom. The van der Waals surface area contributed by atoms with Gasteiger partial charge in [0.15, 0.2) is 5.78 Å². The number of primary amides is 1. The molecule has 5 nitrogen and oxygen atoms in total. The lowest BCUT2D eigenvalue weighted by Crippen LogP contribution is -2.41. The Morgan fingerprint density at radius 2 is 1.68 bits per heavy atom. The predicted molar refractivity (Wildman–Crippen MR) is 83.5 cm³/mol. The van der Waals surface area contributed by atoms with Crippen molar-refractivity contribution in [2.75, 3.05) is 13.1 Å². The third-order valence-electron chi connectivity index (χ3n) is 3.98. The van der Waals surface area contributed by atoms with E-state index >= 15 is 0 Å². The fourth-order valence-corrected chi connectivity index (χ4v) is 2.70. The van der Waals surface area contributed by atoms with E-state index in [1.54, 1.807) is 29.2 Å². The van der Waals surface area contributed by atoms with Crippen LogP contribution in [0, 0.1) is 5.92 Å². The highest BCUT2D eigenvalue weighted by Crippen LogP contribution is 2.18. The Bertz CT molecular complexity index is 563. The van der Waals surface area contributed by atoms with Crippen molar-refractivity contribution in [3.63, 3.8) is 0 Å². The van der Waals surface area contributed by atoms with Crippen LogP contribution >= 0.6 is 11.6 Å². The smallest absolute Gasteiger partial charge is 0.223 e. The molecule has 2 amide bonds. The molecule has 0 bridgehead atoms. The lowest BCUT2D eigenvalue weighted by molar-refractivity contribution is -0.134. The molecule has 1 heterocycles. The molecule has 0 spiro atoms. The van der Waals surface area contributed by atoms with Crippen molar-refractivity contribution in [1.29, 1.82) is 0 Å². The Morgan fingerprint density at radius 3 is 2.23 bits per heavy atom. The number of piperidine rings is 1. The highest BCUT2D eigenvalue weighted by Gasteiger charge is 2.25. The molecular formula is C16H19ClN2O3. The highest BCUT2D eigenvalue weighted by molar-refractivity contribution is 6.30. The summed E-state index contributed by atoms with van der Waals surface area (Å²) in [5.41, 5.74) is 5.83. The minimum Gasteiger partial charge on any atom is -0.369 e. The number of benzene rings is 1. The molecule has 1 aromatic rings. The Labute approximate surface area is 134 Å². The largest absolute Gasteiger partial charge is 0.369 e. The van der Waals surface area contributed by atoms with E-state index in [9.17, 15) is 14.4 Å². The fraction of sp³-hybridized carbons (Fsp3) is 0.438. The SMILES string of the molecule is NC(=O)C1CCN(C(=O)CCC(=O)c2ccc(Cl)cc2)CC1. The highest BCUT2D eigenvalue weighted by atomic mass is 35.5. The van der Waals surface area contributed by atoms with Crippen molar-refractivity contribution in [1.82, 2.24) is 4.90 Å². The second-order valence-electron chi connectivity index (χ2n) is 5.49. The number of carbonyl (C=O) groups is 3. The summed E-state index contributed by atoms with van der Waals surface area (Å²) >= 11 is 5.77. The monoisotopic (exact) mass is 322 g/mol. The van der Waals surface area contributed by atoms with E-state index in [1.807, 2.05) is 0 Å². The van der Waals surface area contributed by atoms with Gasteiger partial charge in [0, 0.05) is 42.4 Å². The zero-order valence-electron chi connectivity index (χ0n) is 12.3. The Balaban J connectivity index is 1.79. The molecule has 1 saturated heterocycles. The topological polar surface area (TPSA) is 80.5 Å². The summed E-state index contributed by atoms with van der Waals surface area (Å²) < 4.78 is 0. The number of carbonyl (C=O) groups excluding carboxylic acids is 3. The van der Waals surface area contributed by atoms with Crippen molar-refractivity contribution in [2.24, 2.45) is 11.7 Å². The maximum absolute atomic E-state index is 12.1. The molecule has 1 aromatic carbocycles. The van der Waals surface area contributed by atoms with Crippen LogP contribution in [0.1, 0.15) is 36.0 Å². The van der Waals surface area contributed by atoms with E-state index in [2.05, 4.69) is 0 Å². The van der Waals surface area contributed by atoms with Gasteiger partial charge in [0.25, 0.3) is 0 Å². The van der Waals surface area contributed by atoms with E-state index in [0.717, 1.165) is 0 Å². The van der Waals surface area contributed by atoms with Gasteiger partial charge >= 0.3 is 0 Å². The quantitative estimate of drug-likeness (QED) is 0.842. The number of nitrogens with two attached hydrogens (primary N) is 1. The second kappa shape index (κ2) is 7.40. The lowest BCUT2D eigenvalue weighted by Gasteiger charge is -2.30. The van der Waals surface area contributed by atoms with Crippen molar-refractivity contribution in [3.05, 3.63) is 34.9 Å².